The van der Waals surface area contributed by atoms with Crippen molar-refractivity contribution in [2.24, 2.45) is 47.3 Å². The zero-order valence-electron chi connectivity index (χ0n) is 85.5. The van der Waals surface area contributed by atoms with Crippen LogP contribution in [0.5, 0.6) is 0 Å². The van der Waals surface area contributed by atoms with Gasteiger partial charge in [-0.25, -0.2) is 0 Å². The molecule has 6 saturated carbocycles. The molecule has 678 valence electrons. The molecule has 0 radical (unpaired) electrons. The van der Waals surface area contributed by atoms with Crippen molar-refractivity contribution in [1.29, 1.82) is 0 Å². The van der Waals surface area contributed by atoms with E-state index in [-0.39, 0.29) is 49.1 Å². The van der Waals surface area contributed by atoms with Crippen molar-refractivity contribution in [2.45, 2.75) is 502 Å². The molecule has 0 amide bonds. The lowest BCUT2D eigenvalue weighted by molar-refractivity contribution is 0.138. The molecule has 0 N–H and O–H groups in total. The highest BCUT2D eigenvalue weighted by molar-refractivity contribution is 6.77. The summed E-state index contributed by atoms with van der Waals surface area (Å²) >= 11 is 0. The van der Waals surface area contributed by atoms with E-state index in [0.29, 0.717) is 23.7 Å². The second-order valence-corrected chi connectivity index (χ2v) is 65.0. The maximum atomic E-state index is 3.17. The average molecular weight is 1710 g/mol. The van der Waals surface area contributed by atoms with Gasteiger partial charge in [-0.05, 0) is 310 Å². The molecule has 12 aliphatic carbocycles. The van der Waals surface area contributed by atoms with E-state index in [1.165, 1.54) is 221 Å². The molecule has 122 heavy (non-hydrogen) atoms. The first-order valence-electron chi connectivity index (χ1n) is 52.1. The predicted octanol–water partition coefficient (Wildman–Crippen LogP) is 34.1. The van der Waals surface area contributed by atoms with Crippen molar-refractivity contribution >= 4 is 41.4 Å². The van der Waals surface area contributed by atoms with Gasteiger partial charge in [-0.2, -0.15) is 0 Å². The summed E-state index contributed by atoms with van der Waals surface area (Å²) < 4.78 is 9.45. The van der Waals surface area contributed by atoms with Crippen molar-refractivity contribution in [1.82, 2.24) is 13.7 Å². The molecule has 6 fully saturated rings. The van der Waals surface area contributed by atoms with Crippen molar-refractivity contribution in [3.8, 4) is 0 Å². The fraction of sp³-hybridized carbons (Fsp3) is 0.741. The highest BCUT2D eigenvalue weighted by Gasteiger charge is 2.61. The fourth-order valence-corrected chi connectivity index (χ4v) is 48.5. The summed E-state index contributed by atoms with van der Waals surface area (Å²) in [5.41, 5.74) is 28.2. The van der Waals surface area contributed by atoms with E-state index in [4.69, 9.17) is 0 Å². The van der Waals surface area contributed by atoms with Crippen molar-refractivity contribution in [3.05, 3.63) is 158 Å². The molecule has 11 atom stereocenters. The molecular weight excluding hydrogens is 1520 g/mol. The Labute approximate surface area is 757 Å². The van der Waals surface area contributed by atoms with Crippen LogP contribution in [-0.2, 0) is 32.5 Å². The lowest BCUT2D eigenvalue weighted by Gasteiger charge is -2.56. The topological polar surface area (TPSA) is 9.72 Å². The second-order valence-electron chi connectivity index (χ2n) is 51.6. The lowest BCUT2D eigenvalue weighted by Crippen LogP contribution is -2.65. The highest BCUT2D eigenvalue weighted by atomic mass is 28.3. The normalized spacial score (nSPS) is 27.8. The molecule has 0 spiro atoms. The van der Waals surface area contributed by atoms with E-state index in [2.05, 4.69) is 324 Å². The lowest BCUT2D eigenvalue weighted by atomic mass is 9.68. The summed E-state index contributed by atoms with van der Waals surface area (Å²) in [5.74, 6) is 5.81. The van der Waals surface area contributed by atoms with E-state index in [1.807, 2.05) is 0 Å². The maximum Gasteiger partial charge on any atom is 0.127 e. The first-order valence-corrected chi connectivity index (χ1v) is 61.2. The molecule has 0 heterocycles. The predicted molar refractivity (Wildman–Crippen MR) is 545 cm³/mol. The molecule has 0 aromatic heterocycles. The van der Waals surface area contributed by atoms with Crippen molar-refractivity contribution in [3.63, 3.8) is 0 Å². The second kappa shape index (κ2) is 36.1. The van der Waals surface area contributed by atoms with Gasteiger partial charge in [-0.1, -0.05) is 364 Å². The van der Waals surface area contributed by atoms with E-state index in [1.54, 1.807) is 61.3 Å². The molecule has 0 aliphatic heterocycles. The minimum Gasteiger partial charge on any atom is -0.316 e. The number of benzene rings is 3. The molecule has 6 heteroatoms. The van der Waals surface area contributed by atoms with Gasteiger partial charge in [-0.15, -0.1) is 0 Å². The maximum absolute atomic E-state index is 3.17. The molecule has 12 aliphatic rings. The van der Waals surface area contributed by atoms with E-state index >= 15 is 0 Å². The Morgan fingerprint density at radius 2 is 0.631 bits per heavy atom. The fourth-order valence-electron chi connectivity index (χ4n) is 30.9. The summed E-state index contributed by atoms with van der Waals surface area (Å²) in [6, 6.07) is 25.1. The number of rotatable bonds is 21. The van der Waals surface area contributed by atoms with Gasteiger partial charge in [0.1, 0.15) is 24.7 Å². The molecule has 3 aromatic rings. The zero-order chi connectivity index (χ0) is 89.0. The van der Waals surface area contributed by atoms with Gasteiger partial charge in [0.25, 0.3) is 0 Å². The van der Waals surface area contributed by atoms with Crippen LogP contribution in [0.1, 0.15) is 429 Å². The molecule has 3 nitrogen and oxygen atoms in total. The Morgan fingerprint density at radius 1 is 0.336 bits per heavy atom. The molecule has 0 bridgehead atoms. The molecule has 3 aromatic carbocycles. The average Bonchev–Trinajstić information content (AvgIpc) is 1.57. The van der Waals surface area contributed by atoms with Crippen LogP contribution < -0.4 is 0 Å². The molecule has 15 rings (SSSR count). The summed E-state index contributed by atoms with van der Waals surface area (Å²) in [4.78, 5) is 0. The Bertz CT molecular complexity index is 4320. The summed E-state index contributed by atoms with van der Waals surface area (Å²) in [6.45, 7) is 80.5. The molecular formula is C116H187N3Si3. The Morgan fingerprint density at radius 3 is 0.959 bits per heavy atom. The Kier molecular flexibility index (Phi) is 28.4. The molecule has 11 unspecified atom stereocenters. The summed E-state index contributed by atoms with van der Waals surface area (Å²) in [5, 5.41) is 0. The quantitative estimate of drug-likeness (QED) is 0.0985. The van der Waals surface area contributed by atoms with Crippen LogP contribution in [-0.4, -0.2) is 73.1 Å². The SMILES string of the molecule is CC1CC2C=C3C(=CC2C1[Si](C)(C)N(C1CCCCC1)C(C)(C)C)C(C)(C)c1cc(C(C)(C)C)ccc13.CCCCC1(CCCC)C2=CC3C(C=C2c2ccc(C(C)(C)C)cc21)CC(C)C3[Si](C)(C)N(C1CCCCC1)C(C)(C)C.CCCCC1(CCCC)C2=CC3C(C=C2c2ccc(C(C)(C)C)cc21)CCC3[Si](C)(C)N(C1CCCCC1)C(C)(C)C. The van der Waals surface area contributed by atoms with E-state index in [9.17, 15) is 0 Å². The van der Waals surface area contributed by atoms with Gasteiger partial charge in [0.05, 0.1) is 0 Å². The summed E-state index contributed by atoms with van der Waals surface area (Å²) in [6.07, 6.45) is 59.7. The van der Waals surface area contributed by atoms with Crippen LogP contribution in [0.15, 0.2) is 108 Å². The Balaban J connectivity index is 0.000000158. The van der Waals surface area contributed by atoms with E-state index in [0.717, 1.165) is 58.4 Å². The summed E-state index contributed by atoms with van der Waals surface area (Å²) in [7, 11) is -5.25. The van der Waals surface area contributed by atoms with Crippen LogP contribution in [0.3, 0.4) is 0 Å². The van der Waals surface area contributed by atoms with Crippen LogP contribution in [0.25, 0.3) is 16.7 Å². The van der Waals surface area contributed by atoms with Gasteiger partial charge in [-0.3, -0.25) is 0 Å². The first kappa shape index (κ1) is 96.2. The van der Waals surface area contributed by atoms with Crippen LogP contribution in [0.4, 0.5) is 0 Å². The number of unbranched alkanes of at least 4 members (excludes halogenated alkanes) is 4. The van der Waals surface area contributed by atoms with Gasteiger partial charge in [0.15, 0.2) is 0 Å². The number of fused-ring (bicyclic) bond motifs is 12. The standard InChI is InChI=1S/C41H67NSi.C40H65NSi.C35H55NSi/c1-12-14-23-41(24-15-13-2)36-27-31(39(4,5)6)21-22-33(36)35-26-30-25-29(3)38(34(30)28-37(35)41)43(10,11)42(40(7,8)9)32-19-17-16-18-20-32;1-11-13-24-40(25-14-12-2)35-27-30(38(3,4)5)21-22-32(35)34-26-29-20-23-37(33(29)28-36(34)40)42(9,10)41(39(6,7)8)31-18-16-15-17-19-31;1-23-19-24-20-29-27-18-17-25(33(2,3)4)21-30(27)35(8,9)31(29)22-28(24)32(23)37(10,11)36(34(5,6)7)26-15-13-12-14-16-26/h21-22,26-30,32,34,38H,12-20,23-25H2,1-11H3;21-22,26-29,31,33,37H,11-20,23-25H2,1-10H3;17-18,20-24,26,28,32H,12-16,19H2,1-11H3. The minimum absolute atomic E-state index is 0.0859. The van der Waals surface area contributed by atoms with Gasteiger partial charge < -0.3 is 13.7 Å². The smallest absolute Gasteiger partial charge is 0.127 e. The zero-order valence-corrected chi connectivity index (χ0v) is 88.5. The number of nitrogens with zero attached hydrogens (tertiary/aromatic N) is 3. The van der Waals surface area contributed by atoms with Crippen molar-refractivity contribution < 1.29 is 0 Å². The molecule has 0 saturated heterocycles. The monoisotopic (exact) mass is 1710 g/mol. The third-order valence-electron chi connectivity index (χ3n) is 35.3. The first-order chi connectivity index (χ1) is 57.0. The van der Waals surface area contributed by atoms with Crippen LogP contribution in [0, 0.1) is 47.3 Å². The third kappa shape index (κ3) is 18.2. The third-order valence-corrected chi connectivity index (χ3v) is 49.8. The van der Waals surface area contributed by atoms with Crippen molar-refractivity contribution in [2.75, 3.05) is 0 Å². The highest BCUT2D eigenvalue weighted by Crippen LogP contribution is 2.67. The number of hydrogen-bond donors (Lipinski definition) is 0. The van der Waals surface area contributed by atoms with Gasteiger partial charge >= 0.3 is 0 Å². The van der Waals surface area contributed by atoms with E-state index < -0.39 is 24.7 Å². The largest absolute Gasteiger partial charge is 0.316 e. The number of allylic oxidation sites excluding steroid dienone is 12. The van der Waals surface area contributed by atoms with Gasteiger partial charge in [0, 0.05) is 51.0 Å². The minimum atomic E-state index is -1.79. The van der Waals surface area contributed by atoms with Crippen LogP contribution >= 0.6 is 0 Å². The van der Waals surface area contributed by atoms with Crippen LogP contribution in [0.2, 0.25) is 55.9 Å². The Hall–Kier alpha value is -3.37. The van der Waals surface area contributed by atoms with Gasteiger partial charge in [0.2, 0.25) is 0 Å². The number of hydrogen-bond acceptors (Lipinski definition) is 3.